The molecule has 0 amide bonds. The quantitative estimate of drug-likeness (QED) is 0.646. The van der Waals surface area contributed by atoms with Gasteiger partial charge in [0.05, 0.1) is 11.3 Å². The van der Waals surface area contributed by atoms with Gasteiger partial charge in [0, 0.05) is 0 Å². The fraction of sp³-hybridized carbons (Fsp3) is 0.100. The number of sulfone groups is 1. The van der Waals surface area contributed by atoms with E-state index < -0.39 is 21.5 Å². The van der Waals surface area contributed by atoms with Gasteiger partial charge in [0.15, 0.2) is 0 Å². The van der Waals surface area contributed by atoms with Crippen LogP contribution in [-0.2, 0) is 16.3 Å². The molecule has 0 heterocycles. The second kappa shape index (κ2) is 6.76. The fourth-order valence-electron chi connectivity index (χ4n) is 2.55. The maximum atomic E-state index is 14.4. The molecule has 0 aliphatic rings. The van der Waals surface area contributed by atoms with Crippen molar-refractivity contribution >= 4 is 9.84 Å². The lowest BCUT2D eigenvalue weighted by molar-refractivity contribution is 0.0925. The zero-order valence-electron chi connectivity index (χ0n) is 13.3. The fourth-order valence-corrected chi connectivity index (χ4v) is 3.77. The van der Waals surface area contributed by atoms with Gasteiger partial charge in [-0.05, 0) is 28.8 Å². The molecule has 3 aromatic rings. The van der Waals surface area contributed by atoms with E-state index >= 15 is 0 Å². The molecule has 3 aromatic carbocycles. The van der Waals surface area contributed by atoms with Crippen molar-refractivity contribution < 1.29 is 17.2 Å². The summed E-state index contributed by atoms with van der Waals surface area (Å²) in [7, 11) is -4.73. The van der Waals surface area contributed by atoms with Gasteiger partial charge in [-0.15, -0.1) is 0 Å². The Bertz CT molecular complexity index is 936. The normalized spacial score (nSPS) is 12.1. The van der Waals surface area contributed by atoms with Crippen LogP contribution in [0.1, 0.15) is 5.56 Å². The molecule has 128 valence electrons. The van der Waals surface area contributed by atoms with Crippen LogP contribution < -0.4 is 0 Å². The summed E-state index contributed by atoms with van der Waals surface area (Å²) in [5.74, 6) is 0. The Morgan fingerprint density at radius 1 is 0.680 bits per heavy atom. The van der Waals surface area contributed by atoms with Gasteiger partial charge < -0.3 is 0 Å². The van der Waals surface area contributed by atoms with E-state index in [0.717, 1.165) is 11.1 Å². The first-order valence-electron chi connectivity index (χ1n) is 7.72. The smallest absolute Gasteiger partial charge is 0.217 e. The van der Waals surface area contributed by atoms with Gasteiger partial charge in [-0.2, -0.15) is 8.78 Å². The lowest BCUT2D eigenvalue weighted by Gasteiger charge is -2.17. The largest absolute Gasteiger partial charge is 0.353 e. The van der Waals surface area contributed by atoms with Gasteiger partial charge >= 0.3 is 5.25 Å². The molecule has 0 fully saturated rings. The molecule has 0 saturated carbocycles. The van der Waals surface area contributed by atoms with Gasteiger partial charge in [-0.1, -0.05) is 72.8 Å². The number of halogens is 2. The van der Waals surface area contributed by atoms with E-state index in [4.69, 9.17) is 0 Å². The standard InChI is InChI=1S/C20H16F2O2S/c21-20(22,25(23,24)19-9-5-2-6-10-19)15-16-11-13-18(14-12-16)17-7-3-1-4-8-17/h1-14H,15H2. The molecule has 0 aliphatic heterocycles. The Hall–Kier alpha value is -2.53. The molecule has 0 saturated heterocycles. The van der Waals surface area contributed by atoms with Crippen molar-refractivity contribution in [3.05, 3.63) is 90.5 Å². The number of rotatable bonds is 5. The van der Waals surface area contributed by atoms with Gasteiger partial charge in [0.2, 0.25) is 9.84 Å². The van der Waals surface area contributed by atoms with Crippen LogP contribution in [0.3, 0.4) is 0 Å². The van der Waals surface area contributed by atoms with E-state index in [-0.39, 0.29) is 10.5 Å². The zero-order valence-corrected chi connectivity index (χ0v) is 14.1. The first kappa shape index (κ1) is 17.3. The van der Waals surface area contributed by atoms with Gasteiger partial charge in [-0.25, -0.2) is 8.42 Å². The Balaban J connectivity index is 1.84. The third-order valence-corrected chi connectivity index (χ3v) is 5.74. The summed E-state index contributed by atoms with van der Waals surface area (Å²) in [5, 5.41) is -3.87. The van der Waals surface area contributed by atoms with E-state index in [1.165, 1.54) is 36.4 Å². The molecule has 3 rings (SSSR count). The number of hydrogen-bond donors (Lipinski definition) is 0. The number of hydrogen-bond acceptors (Lipinski definition) is 2. The average Bonchev–Trinajstić information content (AvgIpc) is 2.63. The molecule has 5 heteroatoms. The second-order valence-electron chi connectivity index (χ2n) is 5.69. The van der Waals surface area contributed by atoms with Crippen LogP contribution >= 0.6 is 0 Å². The lowest BCUT2D eigenvalue weighted by Crippen LogP contribution is -2.31. The molecule has 0 aliphatic carbocycles. The van der Waals surface area contributed by atoms with Gasteiger partial charge in [0.1, 0.15) is 0 Å². The summed E-state index contributed by atoms with van der Waals surface area (Å²) >= 11 is 0. The Kier molecular flexibility index (Phi) is 4.68. The Labute approximate surface area is 145 Å². The molecule has 0 bridgehead atoms. The summed E-state index contributed by atoms with van der Waals surface area (Å²) in [6.45, 7) is 0. The van der Waals surface area contributed by atoms with Crippen molar-refractivity contribution in [2.45, 2.75) is 16.6 Å². The summed E-state index contributed by atoms with van der Waals surface area (Å²) in [6, 6.07) is 22.8. The molecule has 0 unspecified atom stereocenters. The van der Waals surface area contributed by atoms with E-state index in [1.54, 1.807) is 18.2 Å². The van der Waals surface area contributed by atoms with E-state index in [0.29, 0.717) is 0 Å². The molecule has 0 radical (unpaired) electrons. The van der Waals surface area contributed by atoms with Crippen LogP contribution in [0.4, 0.5) is 8.78 Å². The predicted molar refractivity (Wildman–Crippen MR) is 94.2 cm³/mol. The van der Waals surface area contributed by atoms with Crippen LogP contribution in [0.5, 0.6) is 0 Å². The highest BCUT2D eigenvalue weighted by Gasteiger charge is 2.45. The molecule has 0 atom stereocenters. The van der Waals surface area contributed by atoms with E-state index in [2.05, 4.69) is 0 Å². The first-order chi connectivity index (χ1) is 11.9. The van der Waals surface area contributed by atoms with Crippen LogP contribution in [0, 0.1) is 0 Å². The maximum absolute atomic E-state index is 14.4. The third kappa shape index (κ3) is 3.61. The summed E-state index contributed by atoms with van der Waals surface area (Å²) in [5.41, 5.74) is 2.13. The van der Waals surface area contributed by atoms with Crippen LogP contribution in [-0.4, -0.2) is 13.7 Å². The van der Waals surface area contributed by atoms with Crippen LogP contribution in [0.2, 0.25) is 0 Å². The highest BCUT2D eigenvalue weighted by atomic mass is 32.2. The van der Waals surface area contributed by atoms with Crippen molar-refractivity contribution in [3.8, 4) is 11.1 Å². The molecular formula is C20H16F2O2S. The molecule has 0 N–H and O–H groups in total. The molecule has 0 spiro atoms. The Morgan fingerprint density at radius 3 is 1.72 bits per heavy atom. The van der Waals surface area contributed by atoms with Crippen LogP contribution in [0.25, 0.3) is 11.1 Å². The minimum atomic E-state index is -4.73. The maximum Gasteiger partial charge on any atom is 0.353 e. The number of alkyl halides is 2. The monoisotopic (exact) mass is 358 g/mol. The lowest BCUT2D eigenvalue weighted by atomic mass is 10.0. The van der Waals surface area contributed by atoms with E-state index in [1.807, 2.05) is 30.3 Å². The topological polar surface area (TPSA) is 34.1 Å². The average molecular weight is 358 g/mol. The minimum Gasteiger partial charge on any atom is -0.217 e. The molecule has 2 nitrogen and oxygen atoms in total. The van der Waals surface area contributed by atoms with Crippen molar-refractivity contribution in [1.82, 2.24) is 0 Å². The van der Waals surface area contributed by atoms with E-state index in [9.17, 15) is 17.2 Å². The zero-order chi connectivity index (χ0) is 17.9. The molecule has 25 heavy (non-hydrogen) atoms. The van der Waals surface area contributed by atoms with Crippen molar-refractivity contribution in [2.24, 2.45) is 0 Å². The van der Waals surface area contributed by atoms with Crippen molar-refractivity contribution in [3.63, 3.8) is 0 Å². The van der Waals surface area contributed by atoms with Gasteiger partial charge in [-0.3, -0.25) is 0 Å². The van der Waals surface area contributed by atoms with Gasteiger partial charge in [0.25, 0.3) is 0 Å². The highest BCUT2D eigenvalue weighted by molar-refractivity contribution is 7.92. The SMILES string of the molecule is O=S(=O)(c1ccccc1)C(F)(F)Cc1ccc(-c2ccccc2)cc1. The summed E-state index contributed by atoms with van der Waals surface area (Å²) in [4.78, 5) is -0.374. The minimum absolute atomic E-state index is 0.268. The number of benzene rings is 3. The van der Waals surface area contributed by atoms with Crippen molar-refractivity contribution in [1.29, 1.82) is 0 Å². The second-order valence-corrected chi connectivity index (χ2v) is 7.77. The summed E-state index contributed by atoms with van der Waals surface area (Å²) < 4.78 is 53.2. The molecular weight excluding hydrogens is 342 g/mol. The van der Waals surface area contributed by atoms with Crippen molar-refractivity contribution in [2.75, 3.05) is 0 Å². The summed E-state index contributed by atoms with van der Waals surface area (Å²) in [6.07, 6.45) is -0.862. The Morgan fingerprint density at radius 2 is 1.16 bits per heavy atom. The predicted octanol–water partition coefficient (Wildman–Crippen LogP) is 4.96. The first-order valence-corrected chi connectivity index (χ1v) is 9.20. The highest BCUT2D eigenvalue weighted by Crippen LogP contribution is 2.32. The van der Waals surface area contributed by atoms with Crippen LogP contribution in [0.15, 0.2) is 89.8 Å². The molecule has 0 aromatic heterocycles. The third-order valence-electron chi connectivity index (χ3n) is 3.92.